The van der Waals surface area contributed by atoms with Crippen molar-refractivity contribution in [2.75, 3.05) is 17.6 Å². The summed E-state index contributed by atoms with van der Waals surface area (Å²) in [6.07, 6.45) is -2.88. The average Bonchev–Trinajstić information content (AvgIpc) is 3.17. The fourth-order valence-electron chi connectivity index (χ4n) is 3.06. The molecule has 0 unspecified atom stereocenters. The molecule has 0 atom stereocenters. The van der Waals surface area contributed by atoms with Crippen molar-refractivity contribution >= 4 is 23.5 Å². The molecule has 4 rings (SSSR count). The molecule has 0 fully saturated rings. The van der Waals surface area contributed by atoms with Crippen LogP contribution in [0, 0.1) is 0 Å². The van der Waals surface area contributed by atoms with Crippen LogP contribution < -0.4 is 16.4 Å². The third-order valence-corrected chi connectivity index (χ3v) is 4.73. The molecule has 1 amide bonds. The van der Waals surface area contributed by atoms with Gasteiger partial charge < -0.3 is 16.4 Å². The molecule has 34 heavy (non-hydrogen) atoms. The van der Waals surface area contributed by atoms with Crippen LogP contribution >= 0.6 is 0 Å². The van der Waals surface area contributed by atoms with Crippen molar-refractivity contribution in [2.45, 2.75) is 6.18 Å². The minimum absolute atomic E-state index is 0.104. The molecule has 2 aromatic heterocycles. The monoisotopic (exact) mass is 468 g/mol. The summed E-state index contributed by atoms with van der Waals surface area (Å²) < 4.78 is 38.4. The van der Waals surface area contributed by atoms with Crippen LogP contribution in [0.5, 0.6) is 0 Å². The van der Waals surface area contributed by atoms with Crippen molar-refractivity contribution in [1.82, 2.24) is 30.0 Å². The van der Waals surface area contributed by atoms with E-state index in [-0.39, 0.29) is 11.5 Å². The fraction of sp³-hybridized carbons (Fsp3) is 0.136. The Balaban J connectivity index is 1.45. The maximum absolute atomic E-state index is 12.3. The number of rotatable bonds is 6. The summed E-state index contributed by atoms with van der Waals surface area (Å²) in [5.41, 5.74) is 8.69. The van der Waals surface area contributed by atoms with E-state index in [4.69, 9.17) is 5.73 Å². The molecule has 0 aliphatic carbocycles. The molecule has 2 heterocycles. The average molecular weight is 468 g/mol. The molecule has 0 aliphatic rings. The van der Waals surface area contributed by atoms with Gasteiger partial charge in [0.15, 0.2) is 5.82 Å². The Kier molecular flexibility index (Phi) is 6.13. The Morgan fingerprint density at radius 1 is 1.00 bits per heavy atom. The van der Waals surface area contributed by atoms with Gasteiger partial charge in [-0.2, -0.15) is 18.2 Å². The van der Waals surface area contributed by atoms with Crippen LogP contribution in [0.1, 0.15) is 10.4 Å². The molecular weight excluding hydrogens is 449 g/mol. The lowest BCUT2D eigenvalue weighted by atomic mass is 10.1. The van der Waals surface area contributed by atoms with Gasteiger partial charge in [0.05, 0.1) is 5.69 Å². The number of halogens is 3. The number of nitrogen functional groups attached to an aromatic ring is 1. The highest BCUT2D eigenvalue weighted by atomic mass is 19.4. The third kappa shape index (κ3) is 5.46. The van der Waals surface area contributed by atoms with Gasteiger partial charge in [-0.25, -0.2) is 14.6 Å². The summed E-state index contributed by atoms with van der Waals surface area (Å²) >= 11 is 0. The van der Waals surface area contributed by atoms with Crippen molar-refractivity contribution < 1.29 is 18.0 Å². The molecule has 9 nitrogen and oxygen atoms in total. The molecular formula is C22H19F3N8O. The second kappa shape index (κ2) is 9.17. The summed E-state index contributed by atoms with van der Waals surface area (Å²) in [6.45, 7) is -1.39. The first kappa shape index (κ1) is 22.7. The predicted molar refractivity (Wildman–Crippen MR) is 120 cm³/mol. The van der Waals surface area contributed by atoms with Crippen LogP contribution in [-0.4, -0.2) is 43.4 Å². The number of carbonyl (C=O) groups is 1. The number of hydrogen-bond donors (Lipinski definition) is 3. The number of carbonyl (C=O) groups excluding carboxylic acids is 1. The highest BCUT2D eigenvalue weighted by Gasteiger charge is 2.27. The zero-order chi connectivity index (χ0) is 24.3. The van der Waals surface area contributed by atoms with Gasteiger partial charge in [-0.05, 0) is 30.3 Å². The molecule has 174 valence electrons. The van der Waals surface area contributed by atoms with E-state index in [2.05, 4.69) is 25.4 Å². The second-order valence-corrected chi connectivity index (χ2v) is 7.26. The van der Waals surface area contributed by atoms with E-state index in [1.165, 1.54) is 12.1 Å². The highest BCUT2D eigenvalue weighted by Crippen LogP contribution is 2.23. The van der Waals surface area contributed by atoms with E-state index >= 15 is 0 Å². The molecule has 0 saturated heterocycles. The van der Waals surface area contributed by atoms with Gasteiger partial charge in [0.25, 0.3) is 5.91 Å². The number of amides is 1. The third-order valence-electron chi connectivity index (χ3n) is 4.73. The molecule has 4 N–H and O–H groups in total. The Labute approximate surface area is 191 Å². The minimum Gasteiger partial charge on any atom is -0.368 e. The van der Waals surface area contributed by atoms with E-state index in [0.29, 0.717) is 23.0 Å². The summed E-state index contributed by atoms with van der Waals surface area (Å²) in [5.74, 6) is 0.246. The molecule has 0 aliphatic heterocycles. The Hall–Kier alpha value is -4.48. The summed E-state index contributed by atoms with van der Waals surface area (Å²) in [6, 6.07) is 15.2. The van der Waals surface area contributed by atoms with Crippen LogP contribution in [0.15, 0.2) is 60.8 Å². The molecule has 2 aromatic carbocycles. The van der Waals surface area contributed by atoms with E-state index in [9.17, 15) is 18.0 Å². The van der Waals surface area contributed by atoms with Crippen molar-refractivity contribution in [3.63, 3.8) is 0 Å². The first-order valence-corrected chi connectivity index (χ1v) is 10.0. The molecule has 0 spiro atoms. The zero-order valence-corrected chi connectivity index (χ0v) is 17.8. The molecule has 0 radical (unpaired) electrons. The number of anilines is 3. The topological polar surface area (TPSA) is 124 Å². The first-order valence-electron chi connectivity index (χ1n) is 10.0. The minimum atomic E-state index is -4.47. The van der Waals surface area contributed by atoms with Gasteiger partial charge in [0, 0.05) is 35.6 Å². The van der Waals surface area contributed by atoms with Crippen molar-refractivity contribution in [3.8, 4) is 22.6 Å². The molecule has 0 bridgehead atoms. The Morgan fingerprint density at radius 2 is 1.68 bits per heavy atom. The maximum atomic E-state index is 12.3. The van der Waals surface area contributed by atoms with E-state index in [0.717, 1.165) is 11.3 Å². The molecule has 0 saturated carbocycles. The van der Waals surface area contributed by atoms with Gasteiger partial charge in [0.1, 0.15) is 6.54 Å². The van der Waals surface area contributed by atoms with Crippen LogP contribution in [-0.2, 0) is 7.05 Å². The maximum Gasteiger partial charge on any atom is 0.405 e. The Bertz CT molecular complexity index is 1300. The number of aromatic nitrogens is 5. The zero-order valence-electron chi connectivity index (χ0n) is 17.8. The number of alkyl halides is 3. The van der Waals surface area contributed by atoms with Crippen molar-refractivity contribution in [2.24, 2.45) is 7.05 Å². The van der Waals surface area contributed by atoms with Gasteiger partial charge in [-0.15, -0.1) is 5.10 Å². The predicted octanol–water partition coefficient (Wildman–Crippen LogP) is 3.56. The SMILES string of the molecule is Cn1nc(-c2ccc(C(=O)NCC(F)(F)F)cc2)nc1Nc1ccc(-c2ccnc(N)n2)cc1. The highest BCUT2D eigenvalue weighted by molar-refractivity contribution is 5.94. The normalized spacial score (nSPS) is 11.3. The Morgan fingerprint density at radius 3 is 2.32 bits per heavy atom. The van der Waals surface area contributed by atoms with E-state index < -0.39 is 18.6 Å². The van der Waals surface area contributed by atoms with Gasteiger partial charge in [0.2, 0.25) is 11.9 Å². The standard InChI is InChI=1S/C22H19F3N8O/c1-33-21(29-16-8-6-13(7-9-16)17-10-11-27-20(26)30-17)31-18(32-33)14-2-4-15(5-3-14)19(34)28-12-22(23,24)25/h2-11H,12H2,1H3,(H,28,34)(H2,26,27,30)(H,29,31,32). The summed E-state index contributed by atoms with van der Waals surface area (Å²) in [7, 11) is 1.72. The summed E-state index contributed by atoms with van der Waals surface area (Å²) in [5, 5.41) is 9.37. The van der Waals surface area contributed by atoms with Crippen LogP contribution in [0.3, 0.4) is 0 Å². The lowest BCUT2D eigenvalue weighted by Crippen LogP contribution is -2.33. The smallest absolute Gasteiger partial charge is 0.368 e. The number of aryl methyl sites for hydroxylation is 1. The quantitative estimate of drug-likeness (QED) is 0.395. The summed E-state index contributed by atoms with van der Waals surface area (Å²) in [4.78, 5) is 24.4. The van der Waals surface area contributed by atoms with E-state index in [1.807, 2.05) is 29.6 Å². The number of nitrogens with one attached hydrogen (secondary N) is 2. The van der Waals surface area contributed by atoms with Crippen LogP contribution in [0.4, 0.5) is 30.8 Å². The van der Waals surface area contributed by atoms with Crippen molar-refractivity contribution in [1.29, 1.82) is 0 Å². The number of nitrogens with two attached hydrogens (primary N) is 1. The second-order valence-electron chi connectivity index (χ2n) is 7.26. The lowest BCUT2D eigenvalue weighted by molar-refractivity contribution is -0.123. The number of benzene rings is 2. The van der Waals surface area contributed by atoms with Gasteiger partial charge in [-0.1, -0.05) is 24.3 Å². The fourth-order valence-corrected chi connectivity index (χ4v) is 3.06. The van der Waals surface area contributed by atoms with Crippen LogP contribution in [0.2, 0.25) is 0 Å². The van der Waals surface area contributed by atoms with Gasteiger partial charge in [-0.3, -0.25) is 4.79 Å². The molecule has 12 heteroatoms. The number of hydrogen-bond acceptors (Lipinski definition) is 7. The first-order chi connectivity index (χ1) is 16.2. The molecule has 4 aromatic rings. The van der Waals surface area contributed by atoms with Gasteiger partial charge >= 0.3 is 6.18 Å². The van der Waals surface area contributed by atoms with Crippen molar-refractivity contribution in [3.05, 3.63) is 66.4 Å². The van der Waals surface area contributed by atoms with E-state index in [1.54, 1.807) is 36.1 Å². The number of nitrogens with zero attached hydrogens (tertiary/aromatic N) is 5. The largest absolute Gasteiger partial charge is 0.405 e. The van der Waals surface area contributed by atoms with Crippen LogP contribution in [0.25, 0.3) is 22.6 Å². The lowest BCUT2D eigenvalue weighted by Gasteiger charge is -2.08.